The van der Waals surface area contributed by atoms with Crippen LogP contribution in [0.25, 0.3) is 0 Å². The van der Waals surface area contributed by atoms with E-state index in [0.717, 1.165) is 0 Å². The molecule has 0 radical (unpaired) electrons. The predicted molar refractivity (Wildman–Crippen MR) is 87.9 cm³/mol. The standard InChI is InChI=1S/C17H16FN3O5/c18-14-7-11(1-2-15(14)20-5-3-12(22)8-20)21-9-13(26-17(21)23)10-24-16-4-6-25-19-16/h1-2,4,6-7,13H,3,5,8-10H2. The highest BCUT2D eigenvalue weighted by Gasteiger charge is 2.33. The van der Waals surface area contributed by atoms with Crippen molar-refractivity contribution in [1.29, 1.82) is 0 Å². The van der Waals surface area contributed by atoms with Crippen molar-refractivity contribution in [2.24, 2.45) is 0 Å². The van der Waals surface area contributed by atoms with E-state index in [1.807, 2.05) is 0 Å². The van der Waals surface area contributed by atoms with Gasteiger partial charge in [-0.25, -0.2) is 9.18 Å². The number of carbonyl (C=O) groups excluding carboxylic acids is 2. The number of hydrogen-bond donors (Lipinski definition) is 0. The van der Waals surface area contributed by atoms with Crippen molar-refractivity contribution in [2.75, 3.05) is 36.0 Å². The van der Waals surface area contributed by atoms with Gasteiger partial charge in [0.25, 0.3) is 5.88 Å². The summed E-state index contributed by atoms with van der Waals surface area (Å²) < 4.78 is 29.7. The van der Waals surface area contributed by atoms with Gasteiger partial charge in [-0.2, -0.15) is 0 Å². The second kappa shape index (κ2) is 6.66. The van der Waals surface area contributed by atoms with E-state index in [-0.39, 0.29) is 25.5 Å². The first-order valence-electron chi connectivity index (χ1n) is 8.17. The van der Waals surface area contributed by atoms with Crippen molar-refractivity contribution < 1.29 is 28.0 Å². The Morgan fingerprint density at radius 2 is 2.19 bits per heavy atom. The lowest BCUT2D eigenvalue weighted by molar-refractivity contribution is -0.116. The van der Waals surface area contributed by atoms with Crippen LogP contribution in [-0.4, -0.2) is 49.4 Å². The molecule has 0 aliphatic carbocycles. The largest absolute Gasteiger partial charge is 0.471 e. The van der Waals surface area contributed by atoms with Crippen LogP contribution in [0.3, 0.4) is 0 Å². The molecule has 1 unspecified atom stereocenters. The Bertz CT molecular complexity index is 826. The van der Waals surface area contributed by atoms with Crippen LogP contribution in [0.2, 0.25) is 0 Å². The summed E-state index contributed by atoms with van der Waals surface area (Å²) in [6, 6.07) is 6.05. The number of benzene rings is 1. The van der Waals surface area contributed by atoms with Crippen LogP contribution >= 0.6 is 0 Å². The molecule has 2 fully saturated rings. The summed E-state index contributed by atoms with van der Waals surface area (Å²) in [5.41, 5.74) is 0.754. The first-order chi connectivity index (χ1) is 12.6. The SMILES string of the molecule is O=C1CCN(c2ccc(N3CC(COc4ccon4)OC3=O)cc2F)C1. The van der Waals surface area contributed by atoms with Gasteiger partial charge in [-0.15, -0.1) is 0 Å². The number of aromatic nitrogens is 1. The van der Waals surface area contributed by atoms with Gasteiger partial charge in [-0.3, -0.25) is 9.69 Å². The van der Waals surface area contributed by atoms with Crippen molar-refractivity contribution in [1.82, 2.24) is 5.16 Å². The van der Waals surface area contributed by atoms with Crippen LogP contribution in [0.4, 0.5) is 20.6 Å². The number of nitrogens with zero attached hydrogens (tertiary/aromatic N) is 3. The maximum absolute atomic E-state index is 14.5. The Hall–Kier alpha value is -3.10. The number of rotatable bonds is 5. The zero-order chi connectivity index (χ0) is 18.1. The molecule has 136 valence electrons. The van der Waals surface area contributed by atoms with Crippen LogP contribution < -0.4 is 14.5 Å². The van der Waals surface area contributed by atoms with Crippen LogP contribution in [-0.2, 0) is 9.53 Å². The minimum Gasteiger partial charge on any atom is -0.471 e. The molecule has 1 atom stereocenters. The molecule has 2 saturated heterocycles. The lowest BCUT2D eigenvalue weighted by Crippen LogP contribution is -2.27. The number of anilines is 2. The smallest absolute Gasteiger partial charge is 0.414 e. The Morgan fingerprint density at radius 1 is 1.31 bits per heavy atom. The van der Waals surface area contributed by atoms with Crippen molar-refractivity contribution in [3.63, 3.8) is 0 Å². The number of cyclic esters (lactones) is 1. The molecule has 0 N–H and O–H groups in total. The van der Waals surface area contributed by atoms with Crippen molar-refractivity contribution in [2.45, 2.75) is 12.5 Å². The maximum atomic E-state index is 14.5. The van der Waals surface area contributed by atoms with Crippen LogP contribution in [0.15, 0.2) is 35.1 Å². The molecule has 1 aromatic heterocycles. The van der Waals surface area contributed by atoms with E-state index in [1.54, 1.807) is 23.1 Å². The lowest BCUT2D eigenvalue weighted by atomic mass is 10.2. The summed E-state index contributed by atoms with van der Waals surface area (Å²) in [5.74, 6) is -0.0890. The van der Waals surface area contributed by atoms with Gasteiger partial charge in [0.2, 0.25) is 0 Å². The summed E-state index contributed by atoms with van der Waals surface area (Å²) >= 11 is 0. The highest BCUT2D eigenvalue weighted by molar-refractivity contribution is 5.90. The van der Waals surface area contributed by atoms with E-state index in [0.29, 0.717) is 30.2 Å². The molecule has 9 heteroatoms. The van der Waals surface area contributed by atoms with Gasteiger partial charge in [0.05, 0.1) is 24.5 Å². The number of Topliss-reactive ketones (excluding diaryl/α,β-unsaturated/α-hetero) is 1. The van der Waals surface area contributed by atoms with E-state index in [9.17, 15) is 14.0 Å². The molecule has 3 heterocycles. The monoisotopic (exact) mass is 361 g/mol. The molecule has 4 rings (SSSR count). The van der Waals surface area contributed by atoms with E-state index in [1.165, 1.54) is 17.2 Å². The maximum Gasteiger partial charge on any atom is 0.414 e. The number of hydrogen-bond acceptors (Lipinski definition) is 7. The summed E-state index contributed by atoms with van der Waals surface area (Å²) in [6.07, 6.45) is 0.730. The number of amides is 1. The minimum atomic E-state index is -0.567. The summed E-state index contributed by atoms with van der Waals surface area (Å²) in [6.45, 7) is 1.06. The first-order valence-corrected chi connectivity index (χ1v) is 8.17. The van der Waals surface area contributed by atoms with Gasteiger partial charge < -0.3 is 18.9 Å². The number of ether oxygens (including phenoxy) is 2. The fourth-order valence-electron chi connectivity index (χ4n) is 3.03. The van der Waals surface area contributed by atoms with Crippen LogP contribution in [0, 0.1) is 5.82 Å². The molecule has 0 bridgehead atoms. The van der Waals surface area contributed by atoms with Gasteiger partial charge in [0.15, 0.2) is 11.9 Å². The van der Waals surface area contributed by atoms with E-state index in [2.05, 4.69) is 9.68 Å². The Morgan fingerprint density at radius 3 is 2.88 bits per heavy atom. The van der Waals surface area contributed by atoms with Gasteiger partial charge in [-0.05, 0) is 23.4 Å². The van der Waals surface area contributed by atoms with Crippen LogP contribution in [0.5, 0.6) is 5.88 Å². The molecular formula is C17H16FN3O5. The fraction of sp³-hybridized carbons (Fsp3) is 0.353. The molecule has 2 aromatic rings. The first kappa shape index (κ1) is 16.4. The molecule has 2 aliphatic heterocycles. The summed E-state index contributed by atoms with van der Waals surface area (Å²) in [4.78, 5) is 26.5. The molecule has 8 nitrogen and oxygen atoms in total. The third-order valence-corrected chi connectivity index (χ3v) is 4.32. The zero-order valence-corrected chi connectivity index (χ0v) is 13.8. The average Bonchev–Trinajstić information content (AvgIpc) is 3.34. The van der Waals surface area contributed by atoms with Crippen molar-refractivity contribution in [3.05, 3.63) is 36.3 Å². The highest BCUT2D eigenvalue weighted by Crippen LogP contribution is 2.29. The van der Waals surface area contributed by atoms with Gasteiger partial charge in [0, 0.05) is 19.0 Å². The minimum absolute atomic E-state index is 0.0894. The number of carbonyl (C=O) groups is 2. The summed E-state index contributed by atoms with van der Waals surface area (Å²) in [5, 5.41) is 3.61. The summed E-state index contributed by atoms with van der Waals surface area (Å²) in [7, 11) is 0. The molecule has 1 amide bonds. The molecule has 1 aromatic carbocycles. The molecule has 2 aliphatic rings. The lowest BCUT2D eigenvalue weighted by Gasteiger charge is -2.19. The Balaban J connectivity index is 1.43. The average molecular weight is 361 g/mol. The molecule has 26 heavy (non-hydrogen) atoms. The molecule has 0 spiro atoms. The normalized spacial score (nSPS) is 20.0. The number of ketones is 1. The van der Waals surface area contributed by atoms with Crippen molar-refractivity contribution in [3.8, 4) is 5.88 Å². The molecule has 0 saturated carbocycles. The third kappa shape index (κ3) is 3.19. The van der Waals surface area contributed by atoms with Crippen molar-refractivity contribution >= 4 is 23.3 Å². The third-order valence-electron chi connectivity index (χ3n) is 4.32. The Kier molecular flexibility index (Phi) is 4.19. The quantitative estimate of drug-likeness (QED) is 0.805. The fourth-order valence-corrected chi connectivity index (χ4v) is 3.03. The molecular weight excluding hydrogens is 345 g/mol. The second-order valence-electron chi connectivity index (χ2n) is 6.11. The predicted octanol–water partition coefficient (Wildman–Crippen LogP) is 2.00. The highest BCUT2D eigenvalue weighted by atomic mass is 19.1. The van der Waals surface area contributed by atoms with E-state index >= 15 is 0 Å². The Labute approximate surface area is 148 Å². The topological polar surface area (TPSA) is 85.1 Å². The van der Waals surface area contributed by atoms with Crippen LogP contribution in [0.1, 0.15) is 6.42 Å². The van der Waals surface area contributed by atoms with E-state index in [4.69, 9.17) is 9.47 Å². The van der Waals surface area contributed by atoms with Gasteiger partial charge >= 0.3 is 6.09 Å². The van der Waals surface area contributed by atoms with Gasteiger partial charge in [0.1, 0.15) is 18.7 Å². The second-order valence-corrected chi connectivity index (χ2v) is 6.11. The van der Waals surface area contributed by atoms with E-state index < -0.39 is 18.0 Å². The zero-order valence-electron chi connectivity index (χ0n) is 13.8. The van der Waals surface area contributed by atoms with Gasteiger partial charge in [-0.1, -0.05) is 0 Å². The number of halogens is 1.